The second-order valence-electron chi connectivity index (χ2n) is 7.82. The molecule has 0 spiro atoms. The van der Waals surface area contributed by atoms with Crippen LogP contribution in [0.4, 0.5) is 13.2 Å². The van der Waals surface area contributed by atoms with Crippen LogP contribution in [-0.4, -0.2) is 17.1 Å². The van der Waals surface area contributed by atoms with Crippen LogP contribution in [0, 0.1) is 5.92 Å². The summed E-state index contributed by atoms with van der Waals surface area (Å²) in [5.41, 5.74) is 1.46. The van der Waals surface area contributed by atoms with Gasteiger partial charge in [0.25, 0.3) is 0 Å². The van der Waals surface area contributed by atoms with E-state index in [-0.39, 0.29) is 34.9 Å². The Morgan fingerprint density at radius 3 is 2.68 bits per heavy atom. The van der Waals surface area contributed by atoms with E-state index in [9.17, 15) is 22.8 Å². The Hall–Kier alpha value is -2.97. The lowest BCUT2D eigenvalue weighted by molar-refractivity contribution is -0.274. The molecule has 1 atom stereocenters. The summed E-state index contributed by atoms with van der Waals surface area (Å²) in [6.07, 6.45) is -2.36. The number of allylic oxidation sites excluding steroid dienone is 2. The van der Waals surface area contributed by atoms with Crippen molar-refractivity contribution in [3.05, 3.63) is 92.1 Å². The summed E-state index contributed by atoms with van der Waals surface area (Å²) in [5, 5.41) is 0.780. The molecule has 0 amide bonds. The Morgan fingerprint density at radius 2 is 1.97 bits per heavy atom. The van der Waals surface area contributed by atoms with Crippen molar-refractivity contribution in [2.75, 3.05) is 0 Å². The number of pyridine rings is 1. The van der Waals surface area contributed by atoms with E-state index in [1.807, 2.05) is 13.0 Å². The van der Waals surface area contributed by atoms with Gasteiger partial charge in [0.2, 0.25) is 5.43 Å². The highest BCUT2D eigenvalue weighted by atomic mass is 35.5. The average molecular weight is 506 g/mol. The minimum absolute atomic E-state index is 0.138. The number of halogens is 4. The van der Waals surface area contributed by atoms with Crippen molar-refractivity contribution in [2.45, 2.75) is 26.1 Å². The highest BCUT2D eigenvalue weighted by Crippen LogP contribution is 2.41. The van der Waals surface area contributed by atoms with E-state index in [4.69, 9.17) is 11.6 Å². The second kappa shape index (κ2) is 9.35. The van der Waals surface area contributed by atoms with Crippen molar-refractivity contribution >= 4 is 45.0 Å². The molecule has 4 rings (SSSR count). The van der Waals surface area contributed by atoms with Gasteiger partial charge >= 0.3 is 6.36 Å². The van der Waals surface area contributed by atoms with Crippen LogP contribution in [0.5, 0.6) is 5.75 Å². The Morgan fingerprint density at radius 1 is 1.21 bits per heavy atom. The predicted octanol–water partition coefficient (Wildman–Crippen LogP) is 7.13. The first kappa shape index (κ1) is 24.2. The van der Waals surface area contributed by atoms with Crippen LogP contribution in [0.2, 0.25) is 5.02 Å². The van der Waals surface area contributed by atoms with Gasteiger partial charge in [0.1, 0.15) is 5.75 Å². The Bertz CT molecular complexity index is 1390. The molecule has 0 radical (unpaired) electrons. The number of Topliss-reactive ketones (excluding diaryl/α,β-unsaturated/α-hetero) is 1. The third-order valence-corrected chi connectivity index (χ3v) is 7.04. The van der Waals surface area contributed by atoms with E-state index in [1.54, 1.807) is 24.3 Å². The zero-order valence-electron chi connectivity index (χ0n) is 18.0. The number of benzene rings is 2. The summed E-state index contributed by atoms with van der Waals surface area (Å²) >= 11 is 7.30. The summed E-state index contributed by atoms with van der Waals surface area (Å²) in [6, 6.07) is 10.5. The molecule has 176 valence electrons. The minimum Gasteiger partial charge on any atom is -0.406 e. The van der Waals surface area contributed by atoms with Crippen molar-refractivity contribution in [3.63, 3.8) is 0 Å². The van der Waals surface area contributed by atoms with Gasteiger partial charge in [-0.25, -0.2) is 0 Å². The molecular weight excluding hydrogens is 487 g/mol. The molecule has 1 aliphatic carbocycles. The maximum Gasteiger partial charge on any atom is 0.573 e. The number of ketones is 1. The highest BCUT2D eigenvalue weighted by molar-refractivity contribution is 8.11. The largest absolute Gasteiger partial charge is 0.573 e. The number of H-pyrrole nitrogens is 1. The number of ether oxygens (including phenoxy) is 1. The number of fused-ring (bicyclic) bond motifs is 2. The van der Waals surface area contributed by atoms with E-state index in [0.29, 0.717) is 38.5 Å². The number of aromatic nitrogens is 1. The van der Waals surface area contributed by atoms with Gasteiger partial charge in [0.05, 0.1) is 5.56 Å². The third kappa shape index (κ3) is 5.08. The second-order valence-corrected chi connectivity index (χ2v) is 9.42. The van der Waals surface area contributed by atoms with Gasteiger partial charge < -0.3 is 9.72 Å². The quantitative estimate of drug-likeness (QED) is 0.400. The molecule has 0 aliphatic heterocycles. The molecular formula is C25H19ClF3NO3S. The van der Waals surface area contributed by atoms with Crippen LogP contribution >= 0.6 is 23.4 Å². The van der Waals surface area contributed by atoms with Crippen molar-refractivity contribution in [2.24, 2.45) is 5.92 Å². The summed E-state index contributed by atoms with van der Waals surface area (Å²) in [7, 11) is 0. The Labute approximate surface area is 202 Å². The van der Waals surface area contributed by atoms with Gasteiger partial charge in [-0.2, -0.15) is 0 Å². The standard InChI is InChI=1S/C25H19ClF3NO3S/c1-3-22(34-13(2)14-5-4-6-17(9-14)33-25(27,28)29)15-10-20-23(21(31)11-15)24(32)18-12-16(26)7-8-19(18)30-20/h3-9,12,15H,2,10-11H2,1H3,(H,30,32)/b22-3-. The van der Waals surface area contributed by atoms with Crippen LogP contribution in [0.3, 0.4) is 0 Å². The molecule has 0 fully saturated rings. The number of carbonyl (C=O) groups excluding carboxylic acids is 1. The van der Waals surface area contributed by atoms with Crippen molar-refractivity contribution in [1.29, 1.82) is 0 Å². The van der Waals surface area contributed by atoms with Crippen LogP contribution in [-0.2, 0) is 6.42 Å². The van der Waals surface area contributed by atoms with Crippen molar-refractivity contribution in [3.8, 4) is 5.75 Å². The first-order valence-electron chi connectivity index (χ1n) is 10.3. The summed E-state index contributed by atoms with van der Waals surface area (Å²) in [5.74, 6) is -0.803. The number of hydrogen-bond donors (Lipinski definition) is 1. The number of alkyl halides is 3. The molecule has 3 aromatic rings. The molecule has 2 aromatic carbocycles. The summed E-state index contributed by atoms with van der Waals surface area (Å²) in [6.45, 7) is 5.83. The zero-order chi connectivity index (χ0) is 24.6. The zero-order valence-corrected chi connectivity index (χ0v) is 19.5. The smallest absolute Gasteiger partial charge is 0.406 e. The van der Waals surface area contributed by atoms with Gasteiger partial charge in [-0.3, -0.25) is 9.59 Å². The van der Waals surface area contributed by atoms with Gasteiger partial charge in [-0.15, -0.1) is 13.2 Å². The first-order valence-corrected chi connectivity index (χ1v) is 11.5. The van der Waals surface area contributed by atoms with Crippen LogP contribution < -0.4 is 10.2 Å². The Kier molecular flexibility index (Phi) is 6.64. The van der Waals surface area contributed by atoms with E-state index < -0.39 is 6.36 Å². The fourth-order valence-corrected chi connectivity index (χ4v) is 5.20. The van der Waals surface area contributed by atoms with Crippen LogP contribution in [0.25, 0.3) is 15.8 Å². The number of nitrogens with one attached hydrogen (secondary N) is 1. The number of rotatable bonds is 5. The lowest BCUT2D eigenvalue weighted by Crippen LogP contribution is -2.29. The van der Waals surface area contributed by atoms with E-state index in [1.165, 1.54) is 30.0 Å². The first-order chi connectivity index (χ1) is 16.1. The van der Waals surface area contributed by atoms with Crippen LogP contribution in [0.1, 0.15) is 35.0 Å². The fourth-order valence-electron chi connectivity index (χ4n) is 4.05. The van der Waals surface area contributed by atoms with Gasteiger partial charge in [0, 0.05) is 38.9 Å². The number of thioether (sulfide) groups is 1. The normalized spacial score (nSPS) is 16.4. The number of hydrogen-bond acceptors (Lipinski definition) is 4. The molecule has 9 heteroatoms. The average Bonchev–Trinajstić information content (AvgIpc) is 2.76. The number of aromatic amines is 1. The lowest BCUT2D eigenvalue weighted by Gasteiger charge is -2.26. The summed E-state index contributed by atoms with van der Waals surface area (Å²) < 4.78 is 41.7. The highest BCUT2D eigenvalue weighted by Gasteiger charge is 2.32. The Balaban J connectivity index is 1.58. The molecule has 34 heavy (non-hydrogen) atoms. The molecule has 1 aliphatic rings. The van der Waals surface area contributed by atoms with Gasteiger partial charge in [0.15, 0.2) is 5.78 Å². The topological polar surface area (TPSA) is 59.2 Å². The third-order valence-electron chi connectivity index (χ3n) is 5.52. The molecule has 1 aromatic heterocycles. The van der Waals surface area contributed by atoms with E-state index in [0.717, 1.165) is 4.91 Å². The SMILES string of the molecule is C=C(S/C(=C\C)C1CC(=O)c2c([nH]c3ccc(Cl)cc3c2=O)C1)c1cccc(OC(F)(F)F)c1. The molecule has 0 bridgehead atoms. The monoisotopic (exact) mass is 505 g/mol. The lowest BCUT2D eigenvalue weighted by atomic mass is 9.84. The van der Waals surface area contributed by atoms with Gasteiger partial charge in [-0.05, 0) is 54.1 Å². The molecule has 4 nitrogen and oxygen atoms in total. The maximum atomic E-state index is 13.0. The molecule has 1 heterocycles. The molecule has 1 unspecified atom stereocenters. The van der Waals surface area contributed by atoms with Crippen molar-refractivity contribution < 1.29 is 22.7 Å². The minimum atomic E-state index is -4.79. The fraction of sp³-hybridized carbons (Fsp3) is 0.200. The van der Waals surface area contributed by atoms with E-state index in [2.05, 4.69) is 16.3 Å². The number of carbonyl (C=O) groups is 1. The molecule has 1 N–H and O–H groups in total. The predicted molar refractivity (Wildman–Crippen MR) is 129 cm³/mol. The van der Waals surface area contributed by atoms with Gasteiger partial charge in [-0.1, -0.05) is 48.2 Å². The summed E-state index contributed by atoms with van der Waals surface area (Å²) in [4.78, 5) is 30.5. The molecule has 0 saturated heterocycles. The van der Waals surface area contributed by atoms with E-state index >= 15 is 0 Å². The van der Waals surface area contributed by atoms with Crippen molar-refractivity contribution in [1.82, 2.24) is 4.98 Å². The van der Waals surface area contributed by atoms with Crippen LogP contribution in [0.15, 0.2) is 64.8 Å². The maximum absolute atomic E-state index is 13.0. The molecule has 0 saturated carbocycles.